The van der Waals surface area contributed by atoms with E-state index in [1.807, 2.05) is 0 Å². The summed E-state index contributed by atoms with van der Waals surface area (Å²) in [5.41, 5.74) is 22.7. The van der Waals surface area contributed by atoms with Crippen molar-refractivity contribution in [1.82, 2.24) is 28.2 Å². The minimum Gasteiger partial charge on any atom is -0.232 e. The van der Waals surface area contributed by atoms with Crippen molar-refractivity contribution in [3.8, 4) is 45.0 Å². The van der Waals surface area contributed by atoms with Crippen LogP contribution in [0.5, 0.6) is 0 Å². The summed E-state index contributed by atoms with van der Waals surface area (Å²) in [5.74, 6) is -1.62. The van der Waals surface area contributed by atoms with Gasteiger partial charge in [0.25, 0.3) is 22.1 Å². The molecule has 0 saturated heterocycles. The molecule has 13 heterocycles. The number of nitrogens with zero attached hydrogens (tertiary/aromatic N) is 10. The zero-order valence-electron chi connectivity index (χ0n) is 27.0. The minimum atomic E-state index is -0.811. The molecule has 6 aliphatic heterocycles. The molecule has 0 bridgehead atoms. The van der Waals surface area contributed by atoms with Crippen molar-refractivity contribution in [1.29, 1.82) is 0 Å². The number of rotatable bonds is 0. The van der Waals surface area contributed by atoms with Gasteiger partial charge in [0.15, 0.2) is 11.0 Å². The Morgan fingerprint density at radius 2 is 0.712 bits per heavy atom. The predicted octanol–water partition coefficient (Wildman–Crippen LogP) is 4.73. The largest absolute Gasteiger partial charge is 0.554 e. The van der Waals surface area contributed by atoms with Gasteiger partial charge in [0, 0.05) is 24.8 Å². The second-order valence-corrected chi connectivity index (χ2v) is 15.1. The van der Waals surface area contributed by atoms with Gasteiger partial charge in [0.05, 0.1) is 45.0 Å². The standard InChI is InChI=1S/C42H20N10/c1-7-21-27-11-3-17-45(27)41-47-19-5-13-29(47)23-15-16-24-30-14-6-20-48(30)42-46-18-4-12-28(46)22-8-2-10-26-34(22)50(42)38-32(44-26)31-37(49(41)33(21)25(9-1)43-31)39-40(38)52(42)36(24)35(23)51(39)41/h1-20H/q+4. The third kappa shape index (κ3) is 1.77. The summed E-state index contributed by atoms with van der Waals surface area (Å²) in [7, 11) is 0. The quantitative estimate of drug-likeness (QED) is 0.134. The Bertz CT molecular complexity index is 3530. The molecule has 0 N–H and O–H groups in total. The summed E-state index contributed by atoms with van der Waals surface area (Å²) in [5, 5.41) is 0. The second-order valence-electron chi connectivity index (χ2n) is 15.1. The van der Waals surface area contributed by atoms with Crippen LogP contribution in [-0.2, 0) is 11.8 Å². The van der Waals surface area contributed by atoms with Crippen molar-refractivity contribution in [3.05, 3.63) is 122 Å². The van der Waals surface area contributed by atoms with Crippen LogP contribution < -0.4 is 18.3 Å². The highest BCUT2D eigenvalue weighted by Crippen LogP contribution is 2.52. The number of hydrogen-bond acceptors (Lipinski definition) is 2. The minimum absolute atomic E-state index is 0.811. The van der Waals surface area contributed by atoms with Crippen LogP contribution in [-0.4, -0.2) is 28.2 Å². The van der Waals surface area contributed by atoms with Gasteiger partial charge >= 0.3 is 33.9 Å². The van der Waals surface area contributed by atoms with Crippen molar-refractivity contribution < 1.29 is 18.3 Å². The molecule has 0 aliphatic carbocycles. The lowest BCUT2D eigenvalue weighted by molar-refractivity contribution is -0.967. The molecule has 10 nitrogen and oxygen atoms in total. The van der Waals surface area contributed by atoms with E-state index in [9.17, 15) is 0 Å². The Kier molecular flexibility index (Phi) is 2.92. The van der Waals surface area contributed by atoms with Gasteiger partial charge in [-0.3, -0.25) is 0 Å². The Hall–Kier alpha value is -7.20. The maximum atomic E-state index is 5.66. The van der Waals surface area contributed by atoms with Gasteiger partial charge in [-0.25, -0.2) is 28.2 Å². The van der Waals surface area contributed by atoms with Gasteiger partial charge in [0.2, 0.25) is 0 Å². The first-order valence-corrected chi connectivity index (χ1v) is 17.9. The molecule has 0 radical (unpaired) electrons. The first-order valence-electron chi connectivity index (χ1n) is 17.9. The molecule has 0 fully saturated rings. The summed E-state index contributed by atoms with van der Waals surface area (Å²) < 4.78 is 20.6. The van der Waals surface area contributed by atoms with Gasteiger partial charge in [-0.15, -0.1) is 0 Å². The monoisotopic (exact) mass is 664 g/mol. The van der Waals surface area contributed by atoms with Gasteiger partial charge in [-0.1, -0.05) is 30.4 Å². The molecule has 11 aromatic rings. The average molecular weight is 665 g/mol. The smallest absolute Gasteiger partial charge is 0.232 e. The zero-order chi connectivity index (χ0) is 32.7. The molecule has 7 aromatic heterocycles. The first kappa shape index (κ1) is 23.2. The predicted molar refractivity (Wildman–Crippen MR) is 190 cm³/mol. The summed E-state index contributed by atoms with van der Waals surface area (Å²) in [6, 6.07) is 35.8. The number of hydrogen-bond donors (Lipinski definition) is 0. The lowest BCUT2D eigenvalue weighted by atomic mass is 9.98. The Labute approximate surface area is 290 Å². The van der Waals surface area contributed by atoms with E-state index in [-0.39, 0.29) is 0 Å². The Morgan fingerprint density at radius 3 is 1.12 bits per heavy atom. The van der Waals surface area contributed by atoms with E-state index in [1.165, 1.54) is 67.1 Å². The highest BCUT2D eigenvalue weighted by Gasteiger charge is 2.77. The number of fused-ring (bicyclic) bond motifs is 9. The zero-order valence-corrected chi connectivity index (χ0v) is 27.0. The number of benzene rings is 4. The van der Waals surface area contributed by atoms with Crippen LogP contribution in [0.1, 0.15) is 0 Å². The first-order chi connectivity index (χ1) is 25.8. The fourth-order valence-electron chi connectivity index (χ4n) is 11.9. The molecule has 17 rings (SSSR count). The molecule has 234 valence electrons. The van der Waals surface area contributed by atoms with Gasteiger partial charge in [-0.2, -0.15) is 0 Å². The molecular formula is C42H20N10+4. The summed E-state index contributed by atoms with van der Waals surface area (Å²) in [6.45, 7) is 0. The molecule has 0 saturated carbocycles. The van der Waals surface area contributed by atoms with E-state index in [1.54, 1.807) is 0 Å². The molecular weight excluding hydrogens is 645 g/mol. The second kappa shape index (κ2) is 6.54. The van der Waals surface area contributed by atoms with Crippen molar-refractivity contribution in [2.24, 2.45) is 0 Å². The molecule has 0 amide bonds. The van der Waals surface area contributed by atoms with Crippen molar-refractivity contribution >= 4 is 66.2 Å². The van der Waals surface area contributed by atoms with E-state index in [4.69, 9.17) is 9.97 Å². The fraction of sp³-hybridized carbons (Fsp3) is 0.0476. The van der Waals surface area contributed by atoms with Crippen LogP contribution >= 0.6 is 0 Å². The van der Waals surface area contributed by atoms with Crippen LogP contribution in [0.15, 0.2) is 122 Å². The van der Waals surface area contributed by atoms with E-state index >= 15 is 0 Å². The van der Waals surface area contributed by atoms with Gasteiger partial charge < -0.3 is 0 Å². The van der Waals surface area contributed by atoms with Gasteiger partial charge in [0.1, 0.15) is 11.0 Å². The lowest BCUT2D eigenvalue weighted by Crippen LogP contribution is -2.82. The molecule has 2 spiro atoms. The van der Waals surface area contributed by atoms with E-state index in [0.717, 1.165) is 44.1 Å². The SMILES string of the molecule is c1cc2c3c(c1)nc1c4nc5cccc6c5[n+]5c4c4c7c1[n+]3C1(n3cccc3-2)n2cccc2-c2ccc3c(c2[n+]71)[n+]4C5(n1cccc1-6)n1cccc1-3. The van der Waals surface area contributed by atoms with Crippen molar-refractivity contribution in [3.63, 3.8) is 0 Å². The summed E-state index contributed by atoms with van der Waals surface area (Å²) in [6.07, 6.45) is 9.08. The fourth-order valence-corrected chi connectivity index (χ4v) is 11.9. The van der Waals surface area contributed by atoms with Crippen LogP contribution in [0.4, 0.5) is 0 Å². The normalized spacial score (nSPS) is 20.5. The summed E-state index contributed by atoms with van der Waals surface area (Å²) in [4.78, 5) is 11.3. The lowest BCUT2D eigenvalue weighted by Gasteiger charge is -2.34. The van der Waals surface area contributed by atoms with Crippen molar-refractivity contribution in [2.45, 2.75) is 11.8 Å². The van der Waals surface area contributed by atoms with E-state index in [2.05, 4.69) is 158 Å². The highest BCUT2D eigenvalue weighted by molar-refractivity contribution is 6.18. The maximum Gasteiger partial charge on any atom is 0.554 e. The third-order valence-electron chi connectivity index (χ3n) is 13.4. The third-order valence-corrected chi connectivity index (χ3v) is 13.4. The van der Waals surface area contributed by atoms with Crippen LogP contribution in [0, 0.1) is 0 Å². The maximum absolute atomic E-state index is 5.66. The van der Waals surface area contributed by atoms with Crippen LogP contribution in [0.25, 0.3) is 111 Å². The van der Waals surface area contributed by atoms with Gasteiger partial charge in [-0.05, 0) is 84.9 Å². The van der Waals surface area contributed by atoms with E-state index < -0.39 is 11.8 Å². The molecule has 10 heteroatoms. The number of aromatic nitrogens is 10. The Balaban J connectivity index is 1.33. The molecule has 4 aromatic carbocycles. The van der Waals surface area contributed by atoms with Crippen molar-refractivity contribution in [2.75, 3.05) is 0 Å². The van der Waals surface area contributed by atoms with Crippen LogP contribution in [0.2, 0.25) is 0 Å². The highest BCUT2D eigenvalue weighted by atomic mass is 15.6. The Morgan fingerprint density at radius 1 is 0.346 bits per heavy atom. The van der Waals surface area contributed by atoms with E-state index in [0.29, 0.717) is 0 Å². The topological polar surface area (TPSA) is 61.0 Å². The molecule has 2 unspecified atom stereocenters. The summed E-state index contributed by atoms with van der Waals surface area (Å²) >= 11 is 0. The number of para-hydroxylation sites is 2. The molecule has 6 aliphatic rings. The molecule has 52 heavy (non-hydrogen) atoms. The van der Waals surface area contributed by atoms with Crippen LogP contribution in [0.3, 0.4) is 0 Å². The average Bonchev–Trinajstić information content (AvgIpc) is 4.02. The molecule has 2 atom stereocenters.